The third-order valence-electron chi connectivity index (χ3n) is 3.41. The predicted molar refractivity (Wildman–Crippen MR) is 72.7 cm³/mol. The van der Waals surface area contributed by atoms with Gasteiger partial charge in [-0.05, 0) is 0 Å². The highest BCUT2D eigenvalue weighted by Gasteiger charge is 2.25. The summed E-state index contributed by atoms with van der Waals surface area (Å²) in [7, 11) is 1.27. The zero-order chi connectivity index (χ0) is 16.3. The van der Waals surface area contributed by atoms with Crippen molar-refractivity contribution in [3.8, 4) is 0 Å². The van der Waals surface area contributed by atoms with E-state index in [4.69, 9.17) is 0 Å². The molecule has 0 atom stereocenters. The predicted octanol–water partition coefficient (Wildman–Crippen LogP) is 0.608. The molecule has 0 unspecified atom stereocenters. The molecule has 1 saturated heterocycles. The van der Waals surface area contributed by atoms with E-state index >= 15 is 0 Å². The molecule has 1 heterocycles. The van der Waals surface area contributed by atoms with Gasteiger partial charge in [-0.1, -0.05) is 0 Å². The maximum Gasteiger partial charge on any atom is 0.260 e. The largest absolute Gasteiger partial charge is 0.339 e. The minimum Gasteiger partial charge on any atom is -0.339 e. The van der Waals surface area contributed by atoms with Crippen LogP contribution in [0.25, 0.3) is 0 Å². The summed E-state index contributed by atoms with van der Waals surface area (Å²) in [5.41, 5.74) is -0.864. The van der Waals surface area contributed by atoms with Crippen molar-refractivity contribution in [1.82, 2.24) is 15.1 Å². The number of hydrogen-bond donors (Lipinski definition) is 1. The van der Waals surface area contributed by atoms with Gasteiger partial charge in [-0.15, -0.1) is 0 Å². The van der Waals surface area contributed by atoms with Gasteiger partial charge in [-0.2, -0.15) is 0 Å². The lowest BCUT2D eigenvalue weighted by atomic mass is 10.1. The van der Waals surface area contributed by atoms with Crippen LogP contribution in [0.2, 0.25) is 0 Å². The third-order valence-corrected chi connectivity index (χ3v) is 3.41. The lowest BCUT2D eigenvalue weighted by molar-refractivity contribution is -0.132. The van der Waals surface area contributed by atoms with Crippen LogP contribution < -0.4 is 5.32 Å². The summed E-state index contributed by atoms with van der Waals surface area (Å²) in [6.07, 6.45) is 0. The van der Waals surface area contributed by atoms with E-state index in [9.17, 15) is 22.8 Å². The molecule has 0 radical (unpaired) electrons. The maximum absolute atomic E-state index is 13.6. The number of rotatable bonds is 3. The molecule has 0 aliphatic carbocycles. The van der Waals surface area contributed by atoms with E-state index in [-0.39, 0.29) is 12.5 Å². The summed E-state index contributed by atoms with van der Waals surface area (Å²) in [5.74, 6) is -4.99. The lowest BCUT2D eigenvalue weighted by Crippen LogP contribution is -2.49. The number of benzene rings is 1. The van der Waals surface area contributed by atoms with E-state index in [1.807, 2.05) is 0 Å². The fourth-order valence-corrected chi connectivity index (χ4v) is 2.23. The fourth-order valence-electron chi connectivity index (χ4n) is 2.23. The smallest absolute Gasteiger partial charge is 0.260 e. The molecule has 0 aromatic heterocycles. The van der Waals surface area contributed by atoms with Crippen LogP contribution in [0.4, 0.5) is 13.2 Å². The molecule has 1 N–H and O–H groups in total. The number of amides is 2. The van der Waals surface area contributed by atoms with Gasteiger partial charge in [0.05, 0.1) is 6.54 Å². The SMILES string of the molecule is CN(CC(=O)N1CCNCC1)C(=O)c1c(F)cc(F)cc1F. The van der Waals surface area contributed by atoms with Gasteiger partial charge in [0.25, 0.3) is 5.91 Å². The molecule has 8 heteroatoms. The van der Waals surface area contributed by atoms with Crippen LogP contribution in [-0.2, 0) is 4.79 Å². The topological polar surface area (TPSA) is 52.7 Å². The number of carbonyl (C=O) groups excluding carboxylic acids is 2. The Morgan fingerprint density at radius 3 is 2.27 bits per heavy atom. The summed E-state index contributed by atoms with van der Waals surface area (Å²) in [6.45, 7) is 2.05. The van der Waals surface area contributed by atoms with E-state index in [0.717, 1.165) is 4.90 Å². The fraction of sp³-hybridized carbons (Fsp3) is 0.429. The highest BCUT2D eigenvalue weighted by Crippen LogP contribution is 2.16. The summed E-state index contributed by atoms with van der Waals surface area (Å²) < 4.78 is 40.0. The molecule has 120 valence electrons. The molecule has 1 aliphatic heterocycles. The van der Waals surface area contributed by atoms with E-state index in [0.29, 0.717) is 38.3 Å². The molecule has 0 spiro atoms. The van der Waals surface area contributed by atoms with Crippen LogP contribution in [0.3, 0.4) is 0 Å². The normalized spacial score (nSPS) is 14.8. The third kappa shape index (κ3) is 3.56. The average Bonchev–Trinajstić information content (AvgIpc) is 2.46. The quantitative estimate of drug-likeness (QED) is 0.889. The Labute approximate surface area is 125 Å². The van der Waals surface area contributed by atoms with Crippen molar-refractivity contribution in [2.24, 2.45) is 0 Å². The molecule has 2 amide bonds. The molecule has 0 saturated carbocycles. The number of likely N-dealkylation sites (N-methyl/N-ethyl adjacent to an activating group) is 1. The molecular formula is C14H16F3N3O2. The van der Waals surface area contributed by atoms with Crippen molar-refractivity contribution in [3.63, 3.8) is 0 Å². The Balaban J connectivity index is 2.07. The van der Waals surface area contributed by atoms with Crippen LogP contribution >= 0.6 is 0 Å². The molecule has 22 heavy (non-hydrogen) atoms. The van der Waals surface area contributed by atoms with Crippen LogP contribution in [0.1, 0.15) is 10.4 Å². The molecule has 1 fully saturated rings. The maximum atomic E-state index is 13.6. The van der Waals surface area contributed by atoms with Crippen LogP contribution in [0.15, 0.2) is 12.1 Å². The highest BCUT2D eigenvalue weighted by molar-refractivity contribution is 5.96. The van der Waals surface area contributed by atoms with E-state index in [1.165, 1.54) is 7.05 Å². The second-order valence-electron chi connectivity index (χ2n) is 5.04. The Morgan fingerprint density at radius 1 is 1.18 bits per heavy atom. The average molecular weight is 315 g/mol. The van der Waals surface area contributed by atoms with Crippen LogP contribution in [0, 0.1) is 17.5 Å². The molecule has 5 nitrogen and oxygen atoms in total. The molecule has 2 rings (SSSR count). The van der Waals surface area contributed by atoms with Crippen molar-refractivity contribution in [2.45, 2.75) is 0 Å². The molecule has 1 aliphatic rings. The first-order valence-corrected chi connectivity index (χ1v) is 6.78. The first-order chi connectivity index (χ1) is 10.4. The first-order valence-electron chi connectivity index (χ1n) is 6.78. The molecule has 1 aromatic carbocycles. The van der Waals surface area contributed by atoms with Gasteiger partial charge >= 0.3 is 0 Å². The number of halogens is 3. The van der Waals surface area contributed by atoms with Gasteiger partial charge in [0.1, 0.15) is 23.0 Å². The lowest BCUT2D eigenvalue weighted by Gasteiger charge is -2.29. The van der Waals surface area contributed by atoms with E-state index in [2.05, 4.69) is 5.32 Å². The zero-order valence-electron chi connectivity index (χ0n) is 12.0. The monoisotopic (exact) mass is 315 g/mol. The Bertz CT molecular complexity index is 566. The van der Waals surface area contributed by atoms with Gasteiger partial charge in [-0.25, -0.2) is 13.2 Å². The van der Waals surface area contributed by atoms with Crippen molar-refractivity contribution >= 4 is 11.8 Å². The summed E-state index contributed by atoms with van der Waals surface area (Å²) in [6, 6.07) is 0.866. The van der Waals surface area contributed by atoms with Gasteiger partial charge in [-0.3, -0.25) is 9.59 Å². The summed E-state index contributed by atoms with van der Waals surface area (Å²) in [4.78, 5) is 26.6. The standard InChI is InChI=1S/C14H16F3N3O2/c1-19(8-12(21)20-4-2-18-3-5-20)14(22)13-10(16)6-9(15)7-11(13)17/h6-7,18H,2-5,8H2,1H3. The van der Waals surface area contributed by atoms with Crippen LogP contribution in [-0.4, -0.2) is 61.4 Å². The Hall–Kier alpha value is -2.09. The van der Waals surface area contributed by atoms with Crippen molar-refractivity contribution in [2.75, 3.05) is 39.8 Å². The van der Waals surface area contributed by atoms with Gasteiger partial charge in [0, 0.05) is 45.4 Å². The summed E-state index contributed by atoms with van der Waals surface area (Å²) >= 11 is 0. The first kappa shape index (κ1) is 16.3. The van der Waals surface area contributed by atoms with Gasteiger partial charge < -0.3 is 15.1 Å². The zero-order valence-corrected chi connectivity index (χ0v) is 12.0. The molecule has 1 aromatic rings. The number of piperazine rings is 1. The Kier molecular flexibility index (Phi) is 5.02. The number of hydrogen-bond acceptors (Lipinski definition) is 3. The van der Waals surface area contributed by atoms with Crippen LogP contribution in [0.5, 0.6) is 0 Å². The molecule has 0 bridgehead atoms. The second kappa shape index (κ2) is 6.78. The van der Waals surface area contributed by atoms with E-state index < -0.39 is 28.9 Å². The van der Waals surface area contributed by atoms with E-state index in [1.54, 1.807) is 4.90 Å². The van der Waals surface area contributed by atoms with Gasteiger partial charge in [0.2, 0.25) is 5.91 Å². The Morgan fingerprint density at radius 2 is 1.73 bits per heavy atom. The minimum absolute atomic E-state index is 0.297. The second-order valence-corrected chi connectivity index (χ2v) is 5.04. The van der Waals surface area contributed by atoms with Gasteiger partial charge in [0.15, 0.2) is 0 Å². The van der Waals surface area contributed by atoms with Crippen molar-refractivity contribution in [1.29, 1.82) is 0 Å². The number of carbonyl (C=O) groups is 2. The summed E-state index contributed by atoms with van der Waals surface area (Å²) in [5, 5.41) is 3.08. The van der Waals surface area contributed by atoms with Crippen molar-refractivity contribution < 1.29 is 22.8 Å². The number of nitrogens with zero attached hydrogens (tertiary/aromatic N) is 2. The number of nitrogens with one attached hydrogen (secondary N) is 1. The molecular weight excluding hydrogens is 299 g/mol. The minimum atomic E-state index is -1.29. The highest BCUT2D eigenvalue weighted by atomic mass is 19.1. The van der Waals surface area contributed by atoms with Crippen molar-refractivity contribution in [3.05, 3.63) is 35.1 Å².